The van der Waals surface area contributed by atoms with Crippen LogP contribution in [-0.2, 0) is 11.2 Å². The maximum absolute atomic E-state index is 5.80. The number of pyridine rings is 1. The minimum Gasteiger partial charge on any atom is -0.379 e. The molecule has 0 aromatic carbocycles. The van der Waals surface area contributed by atoms with Crippen molar-refractivity contribution in [2.75, 3.05) is 26.3 Å². The number of hydrogen-bond donors (Lipinski definition) is 2. The van der Waals surface area contributed by atoms with Crippen LogP contribution < -0.4 is 11.3 Å². The molecule has 0 amide bonds. The number of hydrazine groups is 1. The maximum atomic E-state index is 5.80. The molecule has 1 fully saturated rings. The molecule has 1 aromatic rings. The summed E-state index contributed by atoms with van der Waals surface area (Å²) in [5.41, 5.74) is 3.96. The van der Waals surface area contributed by atoms with E-state index in [0.29, 0.717) is 0 Å². The molecule has 20 heavy (non-hydrogen) atoms. The molecule has 1 aliphatic rings. The molecule has 1 unspecified atom stereocenters. The van der Waals surface area contributed by atoms with E-state index in [2.05, 4.69) is 45.1 Å². The van der Waals surface area contributed by atoms with Gasteiger partial charge in [-0.15, -0.1) is 0 Å². The third-order valence-corrected chi connectivity index (χ3v) is 4.55. The van der Waals surface area contributed by atoms with Gasteiger partial charge in [-0.3, -0.25) is 21.2 Å². The monoisotopic (exact) mass is 342 g/mol. The van der Waals surface area contributed by atoms with Gasteiger partial charge in [-0.25, -0.2) is 0 Å². The quantitative estimate of drug-likeness (QED) is 0.624. The second-order valence-corrected chi connectivity index (χ2v) is 6.56. The second-order valence-electron chi connectivity index (χ2n) is 5.64. The molecule has 2 rings (SSSR count). The van der Waals surface area contributed by atoms with Crippen molar-refractivity contribution in [2.45, 2.75) is 31.8 Å². The van der Waals surface area contributed by atoms with Crippen LogP contribution in [0.1, 0.15) is 19.5 Å². The molecule has 1 aliphatic heterocycles. The Hall–Kier alpha value is -0.530. The SMILES string of the molecule is CC(C)(C(Cc1ccc(Br)cn1)NN)N1CCOCC1. The second kappa shape index (κ2) is 6.95. The standard InChI is InChI=1S/C14H23BrN4O/c1-14(2,19-5-7-20-8-6-19)13(18-16)9-12-4-3-11(15)10-17-12/h3-4,10,13,18H,5-9,16H2,1-2H3. The normalized spacial score (nSPS) is 19.0. The highest BCUT2D eigenvalue weighted by Gasteiger charge is 2.35. The average Bonchev–Trinajstić information content (AvgIpc) is 2.47. The number of hydrogen-bond acceptors (Lipinski definition) is 5. The van der Waals surface area contributed by atoms with Crippen molar-refractivity contribution >= 4 is 15.9 Å². The summed E-state index contributed by atoms with van der Waals surface area (Å²) in [6, 6.07) is 4.18. The summed E-state index contributed by atoms with van der Waals surface area (Å²) >= 11 is 3.41. The highest BCUT2D eigenvalue weighted by molar-refractivity contribution is 9.10. The largest absolute Gasteiger partial charge is 0.379 e. The zero-order chi connectivity index (χ0) is 14.6. The Balaban J connectivity index is 2.07. The van der Waals surface area contributed by atoms with Crippen LogP contribution >= 0.6 is 15.9 Å². The summed E-state index contributed by atoms with van der Waals surface area (Å²) in [6.45, 7) is 7.91. The van der Waals surface area contributed by atoms with Crippen LogP contribution in [-0.4, -0.2) is 47.8 Å². The van der Waals surface area contributed by atoms with Gasteiger partial charge in [0, 0.05) is 47.5 Å². The van der Waals surface area contributed by atoms with Gasteiger partial charge >= 0.3 is 0 Å². The van der Waals surface area contributed by atoms with Gasteiger partial charge in [0.2, 0.25) is 0 Å². The Morgan fingerprint density at radius 1 is 1.45 bits per heavy atom. The number of aromatic nitrogens is 1. The van der Waals surface area contributed by atoms with Gasteiger partial charge in [0.25, 0.3) is 0 Å². The smallest absolute Gasteiger partial charge is 0.0594 e. The van der Waals surface area contributed by atoms with Crippen molar-refractivity contribution in [1.82, 2.24) is 15.3 Å². The van der Waals surface area contributed by atoms with Crippen molar-refractivity contribution in [1.29, 1.82) is 0 Å². The number of nitrogens with two attached hydrogens (primary N) is 1. The van der Waals surface area contributed by atoms with Crippen LogP contribution in [0, 0.1) is 0 Å². The van der Waals surface area contributed by atoms with Gasteiger partial charge in [0.05, 0.1) is 13.2 Å². The van der Waals surface area contributed by atoms with Crippen LogP contribution in [0.4, 0.5) is 0 Å². The number of nitrogens with zero attached hydrogens (tertiary/aromatic N) is 2. The predicted molar refractivity (Wildman–Crippen MR) is 83.2 cm³/mol. The van der Waals surface area contributed by atoms with E-state index in [0.717, 1.165) is 42.9 Å². The Labute approximate surface area is 129 Å². The van der Waals surface area contributed by atoms with E-state index in [-0.39, 0.29) is 11.6 Å². The molecule has 1 saturated heterocycles. The van der Waals surface area contributed by atoms with Gasteiger partial charge in [0.1, 0.15) is 0 Å². The van der Waals surface area contributed by atoms with Crippen LogP contribution in [0.5, 0.6) is 0 Å². The third-order valence-electron chi connectivity index (χ3n) is 4.08. The first-order chi connectivity index (χ1) is 9.54. The van der Waals surface area contributed by atoms with E-state index in [9.17, 15) is 0 Å². The number of rotatable bonds is 5. The fourth-order valence-corrected chi connectivity index (χ4v) is 2.84. The van der Waals surface area contributed by atoms with Crippen molar-refractivity contribution in [2.24, 2.45) is 5.84 Å². The van der Waals surface area contributed by atoms with Crippen molar-refractivity contribution in [3.05, 3.63) is 28.5 Å². The van der Waals surface area contributed by atoms with Crippen LogP contribution in [0.2, 0.25) is 0 Å². The van der Waals surface area contributed by atoms with Gasteiger partial charge < -0.3 is 4.74 Å². The summed E-state index contributed by atoms with van der Waals surface area (Å²) in [5, 5.41) is 0. The molecule has 0 saturated carbocycles. The average molecular weight is 343 g/mol. The molecule has 0 aliphatic carbocycles. The zero-order valence-corrected chi connectivity index (χ0v) is 13.7. The highest BCUT2D eigenvalue weighted by Crippen LogP contribution is 2.22. The van der Waals surface area contributed by atoms with Crippen LogP contribution in [0.25, 0.3) is 0 Å². The highest BCUT2D eigenvalue weighted by atomic mass is 79.9. The van der Waals surface area contributed by atoms with E-state index in [1.165, 1.54) is 0 Å². The lowest BCUT2D eigenvalue weighted by molar-refractivity contribution is -0.0234. The minimum absolute atomic E-state index is 0.0483. The molecule has 112 valence electrons. The van der Waals surface area contributed by atoms with Crippen LogP contribution in [0.3, 0.4) is 0 Å². The molecule has 6 heteroatoms. The van der Waals surface area contributed by atoms with Crippen molar-refractivity contribution in [3.63, 3.8) is 0 Å². The van der Waals surface area contributed by atoms with Crippen molar-refractivity contribution < 1.29 is 4.74 Å². The lowest BCUT2D eigenvalue weighted by atomic mass is 9.89. The first-order valence-electron chi connectivity index (χ1n) is 6.93. The number of halogens is 1. The summed E-state index contributed by atoms with van der Waals surface area (Å²) in [6.07, 6.45) is 2.62. The van der Waals surface area contributed by atoms with E-state index in [4.69, 9.17) is 10.6 Å². The Kier molecular flexibility index (Phi) is 5.51. The van der Waals surface area contributed by atoms with Gasteiger partial charge in [-0.2, -0.15) is 0 Å². The topological polar surface area (TPSA) is 63.4 Å². The molecule has 1 aromatic heterocycles. The van der Waals surface area contributed by atoms with E-state index >= 15 is 0 Å². The first-order valence-corrected chi connectivity index (χ1v) is 7.72. The molecule has 0 spiro atoms. The lowest BCUT2D eigenvalue weighted by Gasteiger charge is -2.45. The van der Waals surface area contributed by atoms with Gasteiger partial charge in [0.15, 0.2) is 0 Å². The molecule has 0 radical (unpaired) electrons. The molecule has 2 heterocycles. The fraction of sp³-hybridized carbons (Fsp3) is 0.643. The minimum atomic E-state index is -0.0483. The van der Waals surface area contributed by atoms with Gasteiger partial charge in [-0.05, 0) is 41.9 Å². The number of ether oxygens (including phenoxy) is 1. The Morgan fingerprint density at radius 3 is 2.70 bits per heavy atom. The maximum Gasteiger partial charge on any atom is 0.0594 e. The lowest BCUT2D eigenvalue weighted by Crippen LogP contribution is -2.62. The molecular formula is C14H23BrN4O. The Morgan fingerprint density at radius 2 is 2.15 bits per heavy atom. The molecule has 0 bridgehead atoms. The first kappa shape index (κ1) is 15.9. The zero-order valence-electron chi connectivity index (χ0n) is 12.1. The Bertz CT molecular complexity index is 418. The number of nitrogens with one attached hydrogen (secondary N) is 1. The summed E-state index contributed by atoms with van der Waals surface area (Å²) in [4.78, 5) is 6.87. The van der Waals surface area contributed by atoms with E-state index in [1.54, 1.807) is 0 Å². The molecule has 1 atom stereocenters. The van der Waals surface area contributed by atoms with Gasteiger partial charge in [-0.1, -0.05) is 0 Å². The van der Waals surface area contributed by atoms with E-state index < -0.39 is 0 Å². The summed E-state index contributed by atoms with van der Waals surface area (Å²) in [7, 11) is 0. The fourth-order valence-electron chi connectivity index (χ4n) is 2.61. The van der Waals surface area contributed by atoms with Crippen LogP contribution in [0.15, 0.2) is 22.8 Å². The number of morpholine rings is 1. The molecular weight excluding hydrogens is 320 g/mol. The van der Waals surface area contributed by atoms with Crippen molar-refractivity contribution in [3.8, 4) is 0 Å². The molecule has 5 nitrogen and oxygen atoms in total. The predicted octanol–water partition coefficient (Wildman–Crippen LogP) is 1.33. The molecule has 3 N–H and O–H groups in total. The summed E-state index contributed by atoms with van der Waals surface area (Å²) in [5.74, 6) is 5.80. The van der Waals surface area contributed by atoms with E-state index in [1.807, 2.05) is 18.3 Å². The summed E-state index contributed by atoms with van der Waals surface area (Å²) < 4.78 is 6.42. The third kappa shape index (κ3) is 3.77.